The van der Waals surface area contributed by atoms with E-state index < -0.39 is 0 Å². The van der Waals surface area contributed by atoms with Gasteiger partial charge in [-0.2, -0.15) is 15.6 Å². The molecule has 0 radical (unpaired) electrons. The van der Waals surface area contributed by atoms with Crippen LogP contribution < -0.4 is 0 Å². The smallest absolute Gasteiger partial charge is 0.0991 e. The Balaban J connectivity index is 2.10. The Morgan fingerprint density at radius 3 is 1.82 bits per heavy atom. The van der Waals surface area contributed by atoms with E-state index in [4.69, 9.17) is 10.5 Å². The van der Waals surface area contributed by atoms with Crippen LogP contribution in [0, 0.1) is 22.7 Å². The number of aryl methyl sites for hydroxylation is 1. The molecule has 22 heavy (non-hydrogen) atoms. The first-order chi connectivity index (χ1) is 10.7. The lowest BCUT2D eigenvalue weighted by molar-refractivity contribution is 0.776. The summed E-state index contributed by atoms with van der Waals surface area (Å²) in [6.07, 6.45) is 1.81. The summed E-state index contributed by atoms with van der Waals surface area (Å²) in [4.78, 5) is 0. The molecule has 0 atom stereocenters. The molecule has 104 valence electrons. The minimum atomic E-state index is 0.630. The minimum Gasteiger partial charge on any atom is -0.267 e. The molecule has 4 heteroatoms. The van der Waals surface area contributed by atoms with Gasteiger partial charge in [-0.1, -0.05) is 24.3 Å². The molecule has 0 N–H and O–H groups in total. The molecule has 2 aromatic carbocycles. The van der Waals surface area contributed by atoms with E-state index in [1.165, 1.54) is 0 Å². The molecule has 0 amide bonds. The van der Waals surface area contributed by atoms with Crippen LogP contribution in [0.5, 0.6) is 0 Å². The monoisotopic (exact) mass is 284 g/mol. The third-order valence-corrected chi connectivity index (χ3v) is 3.55. The van der Waals surface area contributed by atoms with Crippen molar-refractivity contribution in [3.8, 4) is 34.5 Å². The Morgan fingerprint density at radius 1 is 0.818 bits per heavy atom. The number of hydrogen-bond donors (Lipinski definition) is 0. The lowest BCUT2D eigenvalue weighted by atomic mass is 10.00. The van der Waals surface area contributed by atoms with Crippen molar-refractivity contribution in [3.05, 3.63) is 65.9 Å². The number of aromatic nitrogens is 2. The van der Waals surface area contributed by atoms with Crippen LogP contribution in [0.4, 0.5) is 0 Å². The van der Waals surface area contributed by atoms with Gasteiger partial charge in [0.05, 0.1) is 35.2 Å². The van der Waals surface area contributed by atoms with Crippen molar-refractivity contribution in [2.24, 2.45) is 7.05 Å². The molecule has 1 aromatic heterocycles. The maximum absolute atomic E-state index is 8.90. The van der Waals surface area contributed by atoms with Crippen LogP contribution in [-0.2, 0) is 7.05 Å². The highest BCUT2D eigenvalue weighted by Crippen LogP contribution is 2.31. The van der Waals surface area contributed by atoms with Gasteiger partial charge in [0.1, 0.15) is 0 Å². The van der Waals surface area contributed by atoms with Gasteiger partial charge in [-0.15, -0.1) is 0 Å². The summed E-state index contributed by atoms with van der Waals surface area (Å²) >= 11 is 0. The van der Waals surface area contributed by atoms with Gasteiger partial charge in [0.2, 0.25) is 0 Å². The van der Waals surface area contributed by atoms with E-state index >= 15 is 0 Å². The van der Waals surface area contributed by atoms with Crippen LogP contribution in [-0.4, -0.2) is 9.78 Å². The predicted molar refractivity (Wildman–Crippen MR) is 83.5 cm³/mol. The van der Waals surface area contributed by atoms with E-state index in [2.05, 4.69) is 17.2 Å². The Labute approximate surface area is 128 Å². The van der Waals surface area contributed by atoms with Crippen molar-refractivity contribution in [3.63, 3.8) is 0 Å². The molecule has 3 aromatic rings. The highest BCUT2D eigenvalue weighted by atomic mass is 15.3. The van der Waals surface area contributed by atoms with Crippen LogP contribution in [0.1, 0.15) is 11.1 Å². The zero-order chi connectivity index (χ0) is 15.5. The fourth-order valence-electron chi connectivity index (χ4n) is 2.42. The third-order valence-electron chi connectivity index (χ3n) is 3.55. The topological polar surface area (TPSA) is 65.4 Å². The van der Waals surface area contributed by atoms with Gasteiger partial charge in [0.15, 0.2) is 0 Å². The van der Waals surface area contributed by atoms with Crippen LogP contribution in [0.2, 0.25) is 0 Å². The summed E-state index contributed by atoms with van der Waals surface area (Å²) in [5, 5.41) is 22.1. The van der Waals surface area contributed by atoms with Crippen molar-refractivity contribution in [2.45, 2.75) is 0 Å². The zero-order valence-corrected chi connectivity index (χ0v) is 12.0. The quantitative estimate of drug-likeness (QED) is 0.723. The van der Waals surface area contributed by atoms with Gasteiger partial charge in [0.25, 0.3) is 0 Å². The van der Waals surface area contributed by atoms with E-state index in [9.17, 15) is 0 Å². The maximum atomic E-state index is 8.90. The Morgan fingerprint density at radius 2 is 1.32 bits per heavy atom. The van der Waals surface area contributed by atoms with Crippen molar-refractivity contribution >= 4 is 0 Å². The fraction of sp³-hybridized carbons (Fsp3) is 0.0556. The number of nitrogens with zero attached hydrogens (tertiary/aromatic N) is 4. The zero-order valence-electron chi connectivity index (χ0n) is 12.0. The van der Waals surface area contributed by atoms with Gasteiger partial charge < -0.3 is 0 Å². The Hall–Kier alpha value is -3.37. The van der Waals surface area contributed by atoms with Gasteiger partial charge in [-0.25, -0.2) is 0 Å². The molecule has 0 aliphatic heterocycles. The minimum absolute atomic E-state index is 0.630. The summed E-state index contributed by atoms with van der Waals surface area (Å²) in [5.41, 5.74) is 5.24. The summed E-state index contributed by atoms with van der Waals surface area (Å²) in [5.74, 6) is 0. The van der Waals surface area contributed by atoms with Crippen molar-refractivity contribution in [1.29, 1.82) is 10.5 Å². The maximum Gasteiger partial charge on any atom is 0.0991 e. The van der Waals surface area contributed by atoms with Crippen LogP contribution >= 0.6 is 0 Å². The highest BCUT2D eigenvalue weighted by molar-refractivity contribution is 5.81. The molecule has 4 nitrogen and oxygen atoms in total. The van der Waals surface area contributed by atoms with Gasteiger partial charge in [0, 0.05) is 18.2 Å². The van der Waals surface area contributed by atoms with Crippen LogP contribution in [0.3, 0.4) is 0 Å². The van der Waals surface area contributed by atoms with E-state index in [-0.39, 0.29) is 0 Å². The summed E-state index contributed by atoms with van der Waals surface area (Å²) in [6.45, 7) is 0. The highest BCUT2D eigenvalue weighted by Gasteiger charge is 2.12. The Kier molecular flexibility index (Phi) is 3.43. The van der Waals surface area contributed by atoms with Gasteiger partial charge in [-0.05, 0) is 29.8 Å². The average Bonchev–Trinajstić information content (AvgIpc) is 2.96. The Bertz CT molecular complexity index is 888. The largest absolute Gasteiger partial charge is 0.267 e. The normalized spacial score (nSPS) is 9.95. The molecule has 0 bridgehead atoms. The average molecular weight is 284 g/mol. The summed E-state index contributed by atoms with van der Waals surface area (Å²) in [6, 6.07) is 19.1. The van der Waals surface area contributed by atoms with Gasteiger partial charge >= 0.3 is 0 Å². The SMILES string of the molecule is Cn1ncc(-c2ccc(C#N)cc2)c1-c1ccc(C#N)cc1. The molecule has 0 saturated heterocycles. The number of rotatable bonds is 2. The molecule has 0 spiro atoms. The standard InChI is InChI=1S/C18H12N4/c1-22-18(16-8-4-14(11-20)5-9-16)17(12-21-22)15-6-2-13(10-19)3-7-15/h2-9,12H,1H3. The molecule has 3 rings (SSSR count). The van der Waals surface area contributed by atoms with E-state index in [1.54, 1.807) is 24.3 Å². The molecule has 0 unspecified atom stereocenters. The second-order valence-corrected chi connectivity index (χ2v) is 4.91. The predicted octanol–water partition coefficient (Wildman–Crippen LogP) is 3.50. The third kappa shape index (κ3) is 2.34. The van der Waals surface area contributed by atoms with Crippen LogP contribution in [0.15, 0.2) is 54.7 Å². The van der Waals surface area contributed by atoms with Crippen molar-refractivity contribution in [1.82, 2.24) is 9.78 Å². The van der Waals surface area contributed by atoms with E-state index in [0.717, 1.165) is 22.4 Å². The van der Waals surface area contributed by atoms with E-state index in [0.29, 0.717) is 11.1 Å². The van der Waals surface area contributed by atoms with Crippen LogP contribution in [0.25, 0.3) is 22.4 Å². The van der Waals surface area contributed by atoms with Crippen molar-refractivity contribution in [2.75, 3.05) is 0 Å². The molecule has 0 aliphatic carbocycles. The second-order valence-electron chi connectivity index (χ2n) is 4.91. The molecule has 0 aliphatic rings. The first kappa shape index (κ1) is 13.6. The second kappa shape index (κ2) is 5.55. The summed E-state index contributed by atoms with van der Waals surface area (Å²) in [7, 11) is 1.89. The summed E-state index contributed by atoms with van der Waals surface area (Å²) < 4.78 is 1.81. The lowest BCUT2D eigenvalue weighted by Gasteiger charge is -2.07. The molecule has 0 fully saturated rings. The molecule has 1 heterocycles. The first-order valence-corrected chi connectivity index (χ1v) is 6.76. The van der Waals surface area contributed by atoms with Crippen molar-refractivity contribution < 1.29 is 0 Å². The number of hydrogen-bond acceptors (Lipinski definition) is 3. The molecular formula is C18H12N4. The number of nitriles is 2. The fourth-order valence-corrected chi connectivity index (χ4v) is 2.42. The number of benzene rings is 2. The first-order valence-electron chi connectivity index (χ1n) is 6.76. The van der Waals surface area contributed by atoms with E-state index in [1.807, 2.05) is 42.2 Å². The van der Waals surface area contributed by atoms with Gasteiger partial charge in [-0.3, -0.25) is 4.68 Å². The lowest BCUT2D eigenvalue weighted by Crippen LogP contribution is -1.94. The molecule has 0 saturated carbocycles. The molecular weight excluding hydrogens is 272 g/mol.